The van der Waals surface area contributed by atoms with Crippen LogP contribution >= 0.6 is 0 Å². The lowest BCUT2D eigenvalue weighted by Gasteiger charge is -2.36. The van der Waals surface area contributed by atoms with Crippen LogP contribution in [0.2, 0.25) is 0 Å². The maximum Gasteiger partial charge on any atom is 0.274 e. The van der Waals surface area contributed by atoms with Gasteiger partial charge in [0.15, 0.2) is 0 Å². The maximum absolute atomic E-state index is 12.1. The molecule has 1 saturated heterocycles. The van der Waals surface area contributed by atoms with Gasteiger partial charge in [0.05, 0.1) is 6.33 Å². The predicted octanol–water partition coefficient (Wildman–Crippen LogP) is 0.586. The third-order valence-electron chi connectivity index (χ3n) is 3.26. The third kappa shape index (κ3) is 2.66. The average Bonchev–Trinajstić information content (AvgIpc) is 2.75. The van der Waals surface area contributed by atoms with Crippen molar-refractivity contribution in [2.45, 2.75) is 19.9 Å². The SMILES string of the molecule is CC(C)N1CCN(C(=O)c2cn(C)cn2)CC1. The Balaban J connectivity index is 1.95. The van der Waals surface area contributed by atoms with Crippen molar-refractivity contribution in [2.24, 2.45) is 7.05 Å². The lowest BCUT2D eigenvalue weighted by molar-refractivity contribution is 0.0590. The molecule has 0 unspecified atom stereocenters. The zero-order valence-corrected chi connectivity index (χ0v) is 10.8. The summed E-state index contributed by atoms with van der Waals surface area (Å²) in [4.78, 5) is 20.5. The molecule has 0 aliphatic carbocycles. The summed E-state index contributed by atoms with van der Waals surface area (Å²) < 4.78 is 1.80. The Bertz CT molecular complexity index is 391. The molecule has 1 aromatic heterocycles. The Kier molecular flexibility index (Phi) is 3.47. The van der Waals surface area contributed by atoms with Gasteiger partial charge in [-0.25, -0.2) is 4.98 Å². The van der Waals surface area contributed by atoms with E-state index < -0.39 is 0 Å². The number of piperazine rings is 1. The van der Waals surface area contributed by atoms with Gasteiger partial charge in [-0.2, -0.15) is 0 Å². The highest BCUT2D eigenvalue weighted by molar-refractivity contribution is 5.92. The van der Waals surface area contributed by atoms with Gasteiger partial charge in [0.2, 0.25) is 0 Å². The molecule has 5 nitrogen and oxygen atoms in total. The molecule has 2 heterocycles. The van der Waals surface area contributed by atoms with E-state index in [0.29, 0.717) is 11.7 Å². The van der Waals surface area contributed by atoms with Gasteiger partial charge in [0.25, 0.3) is 5.91 Å². The van der Waals surface area contributed by atoms with E-state index in [1.54, 1.807) is 17.1 Å². The normalized spacial score (nSPS) is 17.8. The summed E-state index contributed by atoms with van der Waals surface area (Å²) in [5.41, 5.74) is 0.547. The number of nitrogens with zero attached hydrogens (tertiary/aromatic N) is 4. The molecule has 1 aliphatic heterocycles. The molecule has 1 aromatic rings. The molecule has 1 fully saturated rings. The molecule has 1 aliphatic rings. The molecular weight excluding hydrogens is 216 g/mol. The first kappa shape index (κ1) is 12.1. The monoisotopic (exact) mass is 236 g/mol. The van der Waals surface area contributed by atoms with Crippen molar-refractivity contribution in [3.8, 4) is 0 Å². The standard InChI is InChI=1S/C12H20N4O/c1-10(2)15-4-6-16(7-5-15)12(17)11-8-14(3)9-13-11/h8-10H,4-7H2,1-3H3. The molecule has 0 bridgehead atoms. The van der Waals surface area contributed by atoms with Crippen molar-refractivity contribution < 1.29 is 4.79 Å². The van der Waals surface area contributed by atoms with Gasteiger partial charge < -0.3 is 9.47 Å². The largest absolute Gasteiger partial charge is 0.340 e. The fraction of sp³-hybridized carbons (Fsp3) is 0.667. The van der Waals surface area contributed by atoms with Gasteiger partial charge in [-0.1, -0.05) is 0 Å². The van der Waals surface area contributed by atoms with Crippen LogP contribution in [0.15, 0.2) is 12.5 Å². The van der Waals surface area contributed by atoms with Crippen LogP contribution in [0.1, 0.15) is 24.3 Å². The molecule has 1 amide bonds. The second-order valence-corrected chi connectivity index (χ2v) is 4.85. The third-order valence-corrected chi connectivity index (χ3v) is 3.26. The van der Waals surface area contributed by atoms with E-state index in [1.807, 2.05) is 11.9 Å². The van der Waals surface area contributed by atoms with Crippen molar-refractivity contribution in [3.63, 3.8) is 0 Å². The van der Waals surface area contributed by atoms with Gasteiger partial charge in [0.1, 0.15) is 5.69 Å². The summed E-state index contributed by atoms with van der Waals surface area (Å²) in [6, 6.07) is 0.558. The van der Waals surface area contributed by atoms with E-state index in [1.165, 1.54) is 0 Å². The first-order valence-electron chi connectivity index (χ1n) is 6.09. The van der Waals surface area contributed by atoms with Gasteiger partial charge in [-0.15, -0.1) is 0 Å². The second kappa shape index (κ2) is 4.87. The van der Waals surface area contributed by atoms with Crippen LogP contribution in [0.5, 0.6) is 0 Å². The van der Waals surface area contributed by atoms with E-state index in [0.717, 1.165) is 26.2 Å². The van der Waals surface area contributed by atoms with E-state index >= 15 is 0 Å². The van der Waals surface area contributed by atoms with E-state index in [2.05, 4.69) is 23.7 Å². The minimum atomic E-state index is 0.0500. The predicted molar refractivity (Wildman–Crippen MR) is 65.8 cm³/mol. The minimum Gasteiger partial charge on any atom is -0.340 e. The Hall–Kier alpha value is -1.36. The summed E-state index contributed by atoms with van der Waals surface area (Å²) >= 11 is 0. The molecule has 0 aromatic carbocycles. The van der Waals surface area contributed by atoms with Crippen LogP contribution in [-0.4, -0.2) is 57.5 Å². The van der Waals surface area contributed by atoms with Gasteiger partial charge >= 0.3 is 0 Å². The number of carbonyl (C=O) groups excluding carboxylic acids is 1. The van der Waals surface area contributed by atoms with E-state index in [-0.39, 0.29) is 5.91 Å². The lowest BCUT2D eigenvalue weighted by atomic mass is 10.2. The molecule has 0 radical (unpaired) electrons. The zero-order valence-electron chi connectivity index (χ0n) is 10.8. The summed E-state index contributed by atoms with van der Waals surface area (Å²) in [6.45, 7) is 7.89. The molecule has 0 spiro atoms. The van der Waals surface area contributed by atoms with Crippen LogP contribution in [0.25, 0.3) is 0 Å². The number of rotatable bonds is 2. The van der Waals surface area contributed by atoms with Crippen molar-refractivity contribution >= 4 is 5.91 Å². The summed E-state index contributed by atoms with van der Waals surface area (Å²) in [6.07, 6.45) is 3.44. The number of hydrogen-bond acceptors (Lipinski definition) is 3. The number of hydrogen-bond donors (Lipinski definition) is 0. The average molecular weight is 236 g/mol. The van der Waals surface area contributed by atoms with Gasteiger partial charge in [-0.3, -0.25) is 9.69 Å². The fourth-order valence-electron chi connectivity index (χ4n) is 2.13. The molecule has 0 atom stereocenters. The molecule has 17 heavy (non-hydrogen) atoms. The highest BCUT2D eigenvalue weighted by Gasteiger charge is 2.24. The summed E-state index contributed by atoms with van der Waals surface area (Å²) in [5, 5.41) is 0. The molecule has 2 rings (SSSR count). The van der Waals surface area contributed by atoms with Crippen LogP contribution in [-0.2, 0) is 7.05 Å². The zero-order chi connectivity index (χ0) is 12.4. The summed E-state index contributed by atoms with van der Waals surface area (Å²) in [5.74, 6) is 0.0500. The van der Waals surface area contributed by atoms with Crippen LogP contribution in [0.4, 0.5) is 0 Å². The number of amides is 1. The quantitative estimate of drug-likeness (QED) is 0.754. The summed E-state index contributed by atoms with van der Waals surface area (Å²) in [7, 11) is 1.88. The molecule has 0 N–H and O–H groups in total. The first-order chi connectivity index (χ1) is 8.08. The Morgan fingerprint density at radius 1 is 1.29 bits per heavy atom. The van der Waals surface area contributed by atoms with Crippen molar-refractivity contribution in [3.05, 3.63) is 18.2 Å². The minimum absolute atomic E-state index is 0.0500. The molecule has 0 saturated carbocycles. The van der Waals surface area contributed by atoms with E-state index in [4.69, 9.17) is 0 Å². The molecule has 94 valence electrons. The Morgan fingerprint density at radius 3 is 2.41 bits per heavy atom. The van der Waals surface area contributed by atoms with Gasteiger partial charge in [0, 0.05) is 45.5 Å². The smallest absolute Gasteiger partial charge is 0.274 e. The maximum atomic E-state index is 12.1. The van der Waals surface area contributed by atoms with Crippen molar-refractivity contribution in [1.82, 2.24) is 19.4 Å². The number of aromatic nitrogens is 2. The number of carbonyl (C=O) groups is 1. The number of aryl methyl sites for hydroxylation is 1. The molecule has 5 heteroatoms. The lowest BCUT2D eigenvalue weighted by Crippen LogP contribution is -2.50. The highest BCUT2D eigenvalue weighted by atomic mass is 16.2. The Morgan fingerprint density at radius 2 is 1.94 bits per heavy atom. The van der Waals surface area contributed by atoms with Crippen LogP contribution in [0, 0.1) is 0 Å². The van der Waals surface area contributed by atoms with Gasteiger partial charge in [-0.05, 0) is 13.8 Å². The van der Waals surface area contributed by atoms with Crippen LogP contribution in [0.3, 0.4) is 0 Å². The first-order valence-corrected chi connectivity index (χ1v) is 6.09. The second-order valence-electron chi connectivity index (χ2n) is 4.85. The number of imidazole rings is 1. The topological polar surface area (TPSA) is 41.4 Å². The van der Waals surface area contributed by atoms with Crippen molar-refractivity contribution in [2.75, 3.05) is 26.2 Å². The van der Waals surface area contributed by atoms with Crippen LogP contribution < -0.4 is 0 Å². The molecular formula is C12H20N4O. The fourth-order valence-corrected chi connectivity index (χ4v) is 2.13. The van der Waals surface area contributed by atoms with E-state index in [9.17, 15) is 4.79 Å². The highest BCUT2D eigenvalue weighted by Crippen LogP contribution is 2.09. The Labute approximate surface area is 102 Å². The van der Waals surface area contributed by atoms with Crippen molar-refractivity contribution in [1.29, 1.82) is 0 Å².